The van der Waals surface area contributed by atoms with Crippen LogP contribution in [0.5, 0.6) is 0 Å². The molecule has 0 fully saturated rings. The van der Waals surface area contributed by atoms with E-state index in [9.17, 15) is 0 Å². The number of hydrogen-bond acceptors (Lipinski definition) is 3. The molecule has 0 bridgehead atoms. The molecule has 0 atom stereocenters. The van der Waals surface area contributed by atoms with E-state index in [4.69, 9.17) is 5.73 Å². The molecule has 2 N–H and O–H groups in total. The Kier molecular flexibility index (Phi) is 2.28. The van der Waals surface area contributed by atoms with Crippen molar-refractivity contribution in [2.24, 2.45) is 5.73 Å². The zero-order valence-electron chi connectivity index (χ0n) is 8.01. The SMILES string of the molecule is Cc1cn(-c2ccc(CN)cc2)nn1. The van der Waals surface area contributed by atoms with Crippen LogP contribution in [-0.2, 0) is 6.54 Å². The van der Waals surface area contributed by atoms with Gasteiger partial charge >= 0.3 is 0 Å². The molecular weight excluding hydrogens is 176 g/mol. The molecule has 0 spiro atoms. The fourth-order valence-electron chi connectivity index (χ4n) is 1.26. The summed E-state index contributed by atoms with van der Waals surface area (Å²) in [6.07, 6.45) is 1.89. The molecule has 0 saturated carbocycles. The Morgan fingerprint density at radius 3 is 2.50 bits per heavy atom. The number of aromatic nitrogens is 3. The number of nitrogens with zero attached hydrogens (tertiary/aromatic N) is 3. The predicted molar refractivity (Wildman–Crippen MR) is 54.0 cm³/mol. The predicted octanol–water partition coefficient (Wildman–Crippen LogP) is 1.03. The molecule has 4 nitrogen and oxygen atoms in total. The fourth-order valence-corrected chi connectivity index (χ4v) is 1.26. The average molecular weight is 188 g/mol. The molecule has 4 heteroatoms. The standard InChI is InChI=1S/C10H12N4/c1-8-7-14(13-12-8)10-4-2-9(6-11)3-5-10/h2-5,7H,6,11H2,1H3. The van der Waals surface area contributed by atoms with Crippen molar-refractivity contribution in [3.63, 3.8) is 0 Å². The van der Waals surface area contributed by atoms with Crippen molar-refractivity contribution in [2.45, 2.75) is 13.5 Å². The maximum absolute atomic E-state index is 5.51. The van der Waals surface area contributed by atoms with Gasteiger partial charge in [0.2, 0.25) is 0 Å². The molecule has 0 aliphatic rings. The Morgan fingerprint density at radius 2 is 2.00 bits per heavy atom. The molecule has 0 aliphatic carbocycles. The van der Waals surface area contributed by atoms with Crippen LogP contribution in [0.15, 0.2) is 30.5 Å². The van der Waals surface area contributed by atoms with Crippen molar-refractivity contribution >= 4 is 0 Å². The van der Waals surface area contributed by atoms with Gasteiger partial charge in [-0.3, -0.25) is 0 Å². The van der Waals surface area contributed by atoms with Gasteiger partial charge in [0.15, 0.2) is 0 Å². The summed E-state index contributed by atoms with van der Waals surface area (Å²) in [6.45, 7) is 2.48. The second-order valence-corrected chi connectivity index (χ2v) is 3.18. The monoisotopic (exact) mass is 188 g/mol. The third-order valence-electron chi connectivity index (χ3n) is 2.04. The quantitative estimate of drug-likeness (QED) is 0.766. The maximum Gasteiger partial charge on any atom is 0.0800 e. The summed E-state index contributed by atoms with van der Waals surface area (Å²) in [6, 6.07) is 7.95. The van der Waals surface area contributed by atoms with Gasteiger partial charge in [-0.2, -0.15) is 0 Å². The Bertz CT molecular complexity index is 416. The van der Waals surface area contributed by atoms with Crippen LogP contribution in [0.3, 0.4) is 0 Å². The van der Waals surface area contributed by atoms with Crippen molar-refractivity contribution < 1.29 is 0 Å². The molecule has 0 unspecified atom stereocenters. The van der Waals surface area contributed by atoms with Gasteiger partial charge < -0.3 is 5.73 Å². The fraction of sp³-hybridized carbons (Fsp3) is 0.200. The van der Waals surface area contributed by atoms with Gasteiger partial charge in [0, 0.05) is 6.54 Å². The Balaban J connectivity index is 2.33. The minimum atomic E-state index is 0.566. The van der Waals surface area contributed by atoms with Gasteiger partial charge in [0.25, 0.3) is 0 Å². The molecule has 2 rings (SSSR count). The maximum atomic E-state index is 5.51. The number of benzene rings is 1. The lowest BCUT2D eigenvalue weighted by Crippen LogP contribution is -1.98. The molecule has 1 heterocycles. The van der Waals surface area contributed by atoms with E-state index in [-0.39, 0.29) is 0 Å². The topological polar surface area (TPSA) is 56.7 Å². The zero-order chi connectivity index (χ0) is 9.97. The highest BCUT2D eigenvalue weighted by Gasteiger charge is 1.98. The van der Waals surface area contributed by atoms with Crippen LogP contribution in [-0.4, -0.2) is 15.0 Å². The molecule has 2 aromatic rings. The van der Waals surface area contributed by atoms with Crippen LogP contribution >= 0.6 is 0 Å². The van der Waals surface area contributed by atoms with Crippen molar-refractivity contribution in [3.8, 4) is 5.69 Å². The normalized spacial score (nSPS) is 10.4. The minimum absolute atomic E-state index is 0.566. The van der Waals surface area contributed by atoms with Crippen LogP contribution in [0.2, 0.25) is 0 Å². The lowest BCUT2D eigenvalue weighted by molar-refractivity contribution is 0.800. The van der Waals surface area contributed by atoms with Gasteiger partial charge in [-0.1, -0.05) is 17.3 Å². The minimum Gasteiger partial charge on any atom is -0.326 e. The molecule has 72 valence electrons. The second kappa shape index (κ2) is 3.59. The number of aryl methyl sites for hydroxylation is 1. The molecule has 0 radical (unpaired) electrons. The van der Waals surface area contributed by atoms with Gasteiger partial charge in [0.1, 0.15) is 0 Å². The van der Waals surface area contributed by atoms with Crippen LogP contribution in [0.25, 0.3) is 5.69 Å². The van der Waals surface area contributed by atoms with E-state index in [1.165, 1.54) is 0 Å². The highest BCUT2D eigenvalue weighted by Crippen LogP contribution is 2.08. The van der Waals surface area contributed by atoms with E-state index in [0.717, 1.165) is 16.9 Å². The third-order valence-corrected chi connectivity index (χ3v) is 2.04. The van der Waals surface area contributed by atoms with Crippen molar-refractivity contribution in [1.82, 2.24) is 15.0 Å². The Morgan fingerprint density at radius 1 is 1.29 bits per heavy atom. The van der Waals surface area contributed by atoms with Crippen LogP contribution in [0.1, 0.15) is 11.3 Å². The van der Waals surface area contributed by atoms with Crippen LogP contribution in [0.4, 0.5) is 0 Å². The lowest BCUT2D eigenvalue weighted by Gasteiger charge is -2.00. The van der Waals surface area contributed by atoms with Crippen LogP contribution in [0, 0.1) is 6.92 Å². The van der Waals surface area contributed by atoms with Crippen molar-refractivity contribution in [2.75, 3.05) is 0 Å². The van der Waals surface area contributed by atoms with E-state index in [2.05, 4.69) is 10.3 Å². The first kappa shape index (κ1) is 8.90. The smallest absolute Gasteiger partial charge is 0.0800 e. The molecule has 0 amide bonds. The van der Waals surface area contributed by atoms with Crippen molar-refractivity contribution in [3.05, 3.63) is 41.7 Å². The van der Waals surface area contributed by atoms with Gasteiger partial charge in [-0.05, 0) is 24.6 Å². The van der Waals surface area contributed by atoms with Gasteiger partial charge in [-0.25, -0.2) is 4.68 Å². The zero-order valence-corrected chi connectivity index (χ0v) is 8.01. The number of nitrogens with two attached hydrogens (primary N) is 1. The summed E-state index contributed by atoms with van der Waals surface area (Å²) in [4.78, 5) is 0. The Hall–Kier alpha value is -1.68. The van der Waals surface area contributed by atoms with Gasteiger partial charge in [0.05, 0.1) is 17.6 Å². The van der Waals surface area contributed by atoms with E-state index < -0.39 is 0 Å². The largest absolute Gasteiger partial charge is 0.326 e. The van der Waals surface area contributed by atoms with E-state index in [1.807, 2.05) is 37.4 Å². The summed E-state index contributed by atoms with van der Waals surface area (Å²) in [7, 11) is 0. The number of hydrogen-bond donors (Lipinski definition) is 1. The van der Waals surface area contributed by atoms with Crippen LogP contribution < -0.4 is 5.73 Å². The van der Waals surface area contributed by atoms with E-state index in [1.54, 1.807) is 4.68 Å². The summed E-state index contributed by atoms with van der Waals surface area (Å²) < 4.78 is 1.75. The average Bonchev–Trinajstić information content (AvgIpc) is 2.65. The highest BCUT2D eigenvalue weighted by atomic mass is 15.4. The molecule has 0 saturated heterocycles. The Labute approximate surface area is 82.4 Å². The summed E-state index contributed by atoms with van der Waals surface area (Å²) in [5.41, 5.74) is 8.54. The third kappa shape index (κ3) is 1.65. The summed E-state index contributed by atoms with van der Waals surface area (Å²) >= 11 is 0. The van der Waals surface area contributed by atoms with Crippen molar-refractivity contribution in [1.29, 1.82) is 0 Å². The van der Waals surface area contributed by atoms with E-state index in [0.29, 0.717) is 6.54 Å². The molecule has 14 heavy (non-hydrogen) atoms. The lowest BCUT2D eigenvalue weighted by atomic mass is 10.2. The second-order valence-electron chi connectivity index (χ2n) is 3.18. The first-order valence-corrected chi connectivity index (χ1v) is 4.48. The first-order valence-electron chi connectivity index (χ1n) is 4.48. The molecule has 1 aromatic carbocycles. The highest BCUT2D eigenvalue weighted by molar-refractivity contribution is 5.33. The number of rotatable bonds is 2. The van der Waals surface area contributed by atoms with E-state index >= 15 is 0 Å². The molecular formula is C10H12N4. The summed E-state index contributed by atoms with van der Waals surface area (Å²) in [5, 5.41) is 7.90. The molecule has 1 aromatic heterocycles. The van der Waals surface area contributed by atoms with Gasteiger partial charge in [-0.15, -0.1) is 5.10 Å². The molecule has 0 aliphatic heterocycles. The first-order chi connectivity index (χ1) is 6.79. The summed E-state index contributed by atoms with van der Waals surface area (Å²) in [5.74, 6) is 0.